The minimum absolute atomic E-state index is 0.0760. The molecule has 30 heavy (non-hydrogen) atoms. The van der Waals surface area contributed by atoms with Gasteiger partial charge in [0.25, 0.3) is 5.91 Å². The molecule has 3 rings (SSSR count). The first-order chi connectivity index (χ1) is 14.6. The third-order valence-electron chi connectivity index (χ3n) is 4.27. The zero-order valence-corrected chi connectivity index (χ0v) is 18.2. The lowest BCUT2D eigenvalue weighted by Crippen LogP contribution is -2.24. The Morgan fingerprint density at radius 1 is 1.17 bits per heavy atom. The van der Waals surface area contributed by atoms with Crippen molar-refractivity contribution in [3.63, 3.8) is 0 Å². The van der Waals surface area contributed by atoms with Gasteiger partial charge in [0.05, 0.1) is 5.75 Å². The van der Waals surface area contributed by atoms with Crippen LogP contribution in [0.3, 0.4) is 0 Å². The van der Waals surface area contributed by atoms with Crippen molar-refractivity contribution in [1.82, 2.24) is 14.9 Å². The first-order valence-corrected chi connectivity index (χ1v) is 11.0. The van der Waals surface area contributed by atoms with Gasteiger partial charge in [-0.3, -0.25) is 14.2 Å². The van der Waals surface area contributed by atoms with Crippen molar-refractivity contribution >= 4 is 40.9 Å². The molecule has 0 fully saturated rings. The van der Waals surface area contributed by atoms with Gasteiger partial charge in [0, 0.05) is 40.9 Å². The average Bonchev–Trinajstić information content (AvgIpc) is 3.21. The van der Waals surface area contributed by atoms with Crippen LogP contribution in [-0.4, -0.2) is 33.7 Å². The molecule has 0 spiro atoms. The number of hydrogen-bond donors (Lipinski definition) is 2. The van der Waals surface area contributed by atoms with Gasteiger partial charge in [-0.1, -0.05) is 42.8 Å². The molecule has 1 heterocycles. The van der Waals surface area contributed by atoms with E-state index in [1.807, 2.05) is 22.9 Å². The Balaban J connectivity index is 1.59. The van der Waals surface area contributed by atoms with Crippen molar-refractivity contribution < 1.29 is 9.59 Å². The standard InChI is InChI=1S/C22H23ClN4O2S/c1-2-3-11-24-21(29)16-7-9-19(10-8-16)27-13-12-25-22(27)30-15-20(28)26-18-6-4-5-17(23)14-18/h4-10,12-14H,2-3,11,15H2,1H3,(H,24,29)(H,26,28). The summed E-state index contributed by atoms with van der Waals surface area (Å²) in [7, 11) is 0. The molecule has 156 valence electrons. The number of rotatable bonds is 9. The third kappa shape index (κ3) is 6.11. The Bertz CT molecular complexity index is 1000. The minimum Gasteiger partial charge on any atom is -0.352 e. The highest BCUT2D eigenvalue weighted by molar-refractivity contribution is 7.99. The fourth-order valence-electron chi connectivity index (χ4n) is 2.74. The van der Waals surface area contributed by atoms with Crippen LogP contribution in [0.25, 0.3) is 5.69 Å². The predicted molar refractivity (Wildman–Crippen MR) is 122 cm³/mol. The van der Waals surface area contributed by atoms with E-state index >= 15 is 0 Å². The first-order valence-electron chi connectivity index (χ1n) is 9.67. The summed E-state index contributed by atoms with van der Waals surface area (Å²) in [6, 6.07) is 14.3. The molecule has 2 aromatic carbocycles. The average molecular weight is 443 g/mol. The third-order valence-corrected chi connectivity index (χ3v) is 5.47. The van der Waals surface area contributed by atoms with Crippen LogP contribution >= 0.6 is 23.4 Å². The summed E-state index contributed by atoms with van der Waals surface area (Å²) < 4.78 is 1.89. The van der Waals surface area contributed by atoms with E-state index in [9.17, 15) is 9.59 Å². The second-order valence-corrected chi connectivity index (χ2v) is 7.96. The molecule has 0 bridgehead atoms. The van der Waals surface area contributed by atoms with Crippen molar-refractivity contribution in [3.8, 4) is 5.69 Å². The summed E-state index contributed by atoms with van der Waals surface area (Å²) in [6.45, 7) is 2.76. The maximum absolute atomic E-state index is 12.2. The molecule has 2 N–H and O–H groups in total. The lowest BCUT2D eigenvalue weighted by Gasteiger charge is -2.09. The van der Waals surface area contributed by atoms with Crippen LogP contribution in [-0.2, 0) is 4.79 Å². The van der Waals surface area contributed by atoms with Crippen LogP contribution in [0.15, 0.2) is 66.1 Å². The smallest absolute Gasteiger partial charge is 0.251 e. The van der Waals surface area contributed by atoms with Crippen molar-refractivity contribution in [2.24, 2.45) is 0 Å². The van der Waals surface area contributed by atoms with Gasteiger partial charge in [-0.25, -0.2) is 4.98 Å². The Morgan fingerprint density at radius 3 is 2.70 bits per heavy atom. The van der Waals surface area contributed by atoms with Crippen LogP contribution in [0, 0.1) is 0 Å². The van der Waals surface area contributed by atoms with Crippen LogP contribution in [0.2, 0.25) is 5.02 Å². The number of carbonyl (C=O) groups is 2. The van der Waals surface area contributed by atoms with Gasteiger partial charge in [0.15, 0.2) is 5.16 Å². The van der Waals surface area contributed by atoms with Crippen molar-refractivity contribution in [1.29, 1.82) is 0 Å². The molecule has 0 saturated carbocycles. The largest absolute Gasteiger partial charge is 0.352 e. The van der Waals surface area contributed by atoms with E-state index in [2.05, 4.69) is 22.5 Å². The van der Waals surface area contributed by atoms with Gasteiger partial charge in [-0.15, -0.1) is 0 Å². The maximum Gasteiger partial charge on any atom is 0.251 e. The van der Waals surface area contributed by atoms with Gasteiger partial charge in [-0.2, -0.15) is 0 Å². The molecular formula is C22H23ClN4O2S. The van der Waals surface area contributed by atoms with Crippen LogP contribution < -0.4 is 10.6 Å². The number of nitrogens with zero attached hydrogens (tertiary/aromatic N) is 2. The molecule has 8 heteroatoms. The molecular weight excluding hydrogens is 420 g/mol. The van der Waals surface area contributed by atoms with E-state index in [0.717, 1.165) is 18.5 Å². The number of benzene rings is 2. The van der Waals surface area contributed by atoms with E-state index in [4.69, 9.17) is 11.6 Å². The van der Waals surface area contributed by atoms with E-state index in [0.29, 0.717) is 28.0 Å². The molecule has 0 unspecified atom stereocenters. The van der Waals surface area contributed by atoms with Gasteiger partial charge >= 0.3 is 0 Å². The lowest BCUT2D eigenvalue weighted by molar-refractivity contribution is -0.113. The van der Waals surface area contributed by atoms with Crippen molar-refractivity contribution in [2.75, 3.05) is 17.6 Å². The number of aromatic nitrogens is 2. The summed E-state index contributed by atoms with van der Waals surface area (Å²) in [5.41, 5.74) is 2.14. The second kappa shape index (κ2) is 10.8. The monoisotopic (exact) mass is 442 g/mol. The fraction of sp³-hybridized carbons (Fsp3) is 0.227. The molecule has 6 nitrogen and oxygen atoms in total. The van der Waals surface area contributed by atoms with Crippen LogP contribution in [0.4, 0.5) is 5.69 Å². The summed E-state index contributed by atoms with van der Waals surface area (Å²) >= 11 is 7.27. The molecule has 1 aromatic heterocycles. The highest BCUT2D eigenvalue weighted by Crippen LogP contribution is 2.22. The van der Waals surface area contributed by atoms with Gasteiger partial charge in [0.1, 0.15) is 0 Å². The predicted octanol–water partition coefficient (Wildman–Crippen LogP) is 4.79. The summed E-state index contributed by atoms with van der Waals surface area (Å²) in [5, 5.41) is 6.99. The van der Waals surface area contributed by atoms with Gasteiger partial charge in [0.2, 0.25) is 5.91 Å². The van der Waals surface area contributed by atoms with Crippen molar-refractivity contribution in [3.05, 3.63) is 71.5 Å². The van der Waals surface area contributed by atoms with Gasteiger partial charge in [-0.05, 0) is 48.9 Å². The second-order valence-electron chi connectivity index (χ2n) is 6.58. The maximum atomic E-state index is 12.2. The topological polar surface area (TPSA) is 76.0 Å². The zero-order valence-electron chi connectivity index (χ0n) is 16.6. The van der Waals surface area contributed by atoms with E-state index in [1.165, 1.54) is 11.8 Å². The summed E-state index contributed by atoms with van der Waals surface area (Å²) in [5.74, 6) is -0.00891. The number of imidazole rings is 1. The lowest BCUT2D eigenvalue weighted by atomic mass is 10.2. The molecule has 3 aromatic rings. The number of nitrogens with one attached hydrogen (secondary N) is 2. The van der Waals surface area contributed by atoms with Gasteiger partial charge < -0.3 is 10.6 Å². The van der Waals surface area contributed by atoms with E-state index in [-0.39, 0.29) is 17.6 Å². The summed E-state index contributed by atoms with van der Waals surface area (Å²) in [4.78, 5) is 28.7. The van der Waals surface area contributed by atoms with E-state index in [1.54, 1.807) is 42.6 Å². The normalized spacial score (nSPS) is 10.6. The Labute approximate surface area is 185 Å². The highest BCUT2D eigenvalue weighted by Gasteiger charge is 2.11. The number of thioether (sulfide) groups is 1. The zero-order chi connectivity index (χ0) is 21.3. The quantitative estimate of drug-likeness (QED) is 0.369. The Kier molecular flexibility index (Phi) is 7.93. The molecule has 0 radical (unpaired) electrons. The Morgan fingerprint density at radius 2 is 1.97 bits per heavy atom. The van der Waals surface area contributed by atoms with Crippen molar-refractivity contribution in [2.45, 2.75) is 24.9 Å². The number of amides is 2. The Hall–Kier alpha value is -2.77. The molecule has 0 aliphatic carbocycles. The number of halogens is 1. The number of unbranched alkanes of at least 4 members (excludes halogenated alkanes) is 1. The first kappa shape index (κ1) is 21.9. The number of anilines is 1. The molecule has 0 saturated heterocycles. The SMILES string of the molecule is CCCCNC(=O)c1ccc(-n2ccnc2SCC(=O)Nc2cccc(Cl)c2)cc1. The molecule has 0 atom stereocenters. The van der Waals surface area contributed by atoms with Crippen LogP contribution in [0.5, 0.6) is 0 Å². The number of carbonyl (C=O) groups excluding carboxylic acids is 2. The fourth-order valence-corrected chi connectivity index (χ4v) is 3.70. The molecule has 0 aliphatic rings. The van der Waals surface area contributed by atoms with Crippen LogP contribution in [0.1, 0.15) is 30.1 Å². The summed E-state index contributed by atoms with van der Waals surface area (Å²) in [6.07, 6.45) is 5.51. The highest BCUT2D eigenvalue weighted by atomic mass is 35.5. The molecule has 0 aliphatic heterocycles. The minimum atomic E-state index is -0.143. The molecule has 2 amide bonds. The van der Waals surface area contributed by atoms with E-state index < -0.39 is 0 Å². The number of hydrogen-bond acceptors (Lipinski definition) is 4.